The van der Waals surface area contributed by atoms with E-state index in [0.717, 1.165) is 18.9 Å². The number of nitrogens with two attached hydrogens (primary N) is 1. The first-order chi connectivity index (χ1) is 9.58. The van der Waals surface area contributed by atoms with E-state index in [2.05, 4.69) is 21.9 Å². The minimum Gasteiger partial charge on any atom is -0.492 e. The quantitative estimate of drug-likeness (QED) is 0.316. The average Bonchev–Trinajstić information content (AvgIpc) is 2.44. The Bertz CT molecular complexity index is 371. The lowest BCUT2D eigenvalue weighted by Gasteiger charge is -2.30. The number of allylic oxidation sites excluding steroid dienone is 1. The molecule has 0 aliphatic carbocycles. The Kier molecular flexibility index (Phi) is 7.11. The van der Waals surface area contributed by atoms with E-state index in [1.807, 2.05) is 26.8 Å². The Balaban J connectivity index is 2.92. The fourth-order valence-corrected chi connectivity index (χ4v) is 1.87. The zero-order valence-electron chi connectivity index (χ0n) is 12.7. The van der Waals surface area contributed by atoms with Crippen molar-refractivity contribution >= 4 is 5.71 Å². The van der Waals surface area contributed by atoms with Crippen molar-refractivity contribution in [2.45, 2.75) is 26.8 Å². The summed E-state index contributed by atoms with van der Waals surface area (Å²) in [5, 5.41) is 0. The first kappa shape index (κ1) is 16.5. The lowest BCUT2D eigenvalue weighted by Crippen LogP contribution is -2.42. The fourth-order valence-electron chi connectivity index (χ4n) is 1.87. The normalized spacial score (nSPS) is 17.4. The van der Waals surface area contributed by atoms with Crippen LogP contribution in [-0.4, -0.2) is 49.6 Å². The van der Waals surface area contributed by atoms with Gasteiger partial charge in [-0.25, -0.2) is 5.84 Å². The van der Waals surface area contributed by atoms with Gasteiger partial charge >= 0.3 is 0 Å². The van der Waals surface area contributed by atoms with Crippen LogP contribution in [-0.2, 0) is 9.47 Å². The summed E-state index contributed by atoms with van der Waals surface area (Å²) in [5.74, 6) is 6.99. The summed E-state index contributed by atoms with van der Waals surface area (Å²) in [5.41, 5.74) is 3.44. The minimum atomic E-state index is 0.155. The molecule has 6 heteroatoms. The maximum absolute atomic E-state index is 5.63. The monoisotopic (exact) mass is 282 g/mol. The van der Waals surface area contributed by atoms with Gasteiger partial charge in [0.15, 0.2) is 0 Å². The van der Waals surface area contributed by atoms with Crippen molar-refractivity contribution in [2.24, 2.45) is 10.8 Å². The van der Waals surface area contributed by atoms with Gasteiger partial charge in [0, 0.05) is 25.2 Å². The highest BCUT2D eigenvalue weighted by atomic mass is 16.5. The lowest BCUT2D eigenvalue weighted by molar-refractivity contribution is 0.0504. The molecule has 1 fully saturated rings. The Labute approximate surface area is 121 Å². The molecule has 1 aliphatic rings. The van der Waals surface area contributed by atoms with Gasteiger partial charge < -0.3 is 19.8 Å². The molecule has 0 radical (unpaired) electrons. The highest BCUT2D eigenvalue weighted by Crippen LogP contribution is 2.09. The molecule has 0 aromatic rings. The Morgan fingerprint density at radius 3 is 2.65 bits per heavy atom. The van der Waals surface area contributed by atoms with E-state index in [-0.39, 0.29) is 6.04 Å². The Hall–Kier alpha value is -1.53. The number of aliphatic imine (C=N–C) groups is 1. The predicted molar refractivity (Wildman–Crippen MR) is 81.1 cm³/mol. The smallest absolute Gasteiger partial charge is 0.137 e. The van der Waals surface area contributed by atoms with Crippen LogP contribution in [0.5, 0.6) is 0 Å². The van der Waals surface area contributed by atoms with Crippen LogP contribution in [0.2, 0.25) is 0 Å². The molecule has 6 nitrogen and oxygen atoms in total. The van der Waals surface area contributed by atoms with Gasteiger partial charge in [-0.1, -0.05) is 6.58 Å². The summed E-state index contributed by atoms with van der Waals surface area (Å²) in [6, 6.07) is 0.155. The summed E-state index contributed by atoms with van der Waals surface area (Å²) in [6.45, 7) is 13.4. The number of hydrogen-bond donors (Lipinski definition) is 2. The van der Waals surface area contributed by atoms with Gasteiger partial charge in [-0.15, -0.1) is 0 Å². The number of nitrogens with zero attached hydrogens (tertiary/aromatic N) is 2. The number of ether oxygens (including phenoxy) is 2. The van der Waals surface area contributed by atoms with Crippen molar-refractivity contribution in [1.82, 2.24) is 10.3 Å². The van der Waals surface area contributed by atoms with Crippen LogP contribution in [0, 0.1) is 0 Å². The van der Waals surface area contributed by atoms with Crippen molar-refractivity contribution in [3.63, 3.8) is 0 Å². The molecule has 1 rings (SSSR count). The zero-order chi connectivity index (χ0) is 15.0. The molecule has 3 N–H and O–H groups in total. The van der Waals surface area contributed by atoms with E-state index in [4.69, 9.17) is 15.3 Å². The molecule has 0 saturated carbocycles. The van der Waals surface area contributed by atoms with E-state index in [1.165, 1.54) is 0 Å². The third-order valence-electron chi connectivity index (χ3n) is 2.77. The zero-order valence-corrected chi connectivity index (χ0v) is 12.7. The van der Waals surface area contributed by atoms with Gasteiger partial charge in [0.1, 0.15) is 17.3 Å². The molecule has 0 aromatic heterocycles. The van der Waals surface area contributed by atoms with Crippen LogP contribution >= 0.6 is 0 Å². The van der Waals surface area contributed by atoms with Crippen molar-refractivity contribution in [3.05, 3.63) is 24.2 Å². The second-order valence-electron chi connectivity index (χ2n) is 4.74. The molecule has 0 amide bonds. The summed E-state index contributed by atoms with van der Waals surface area (Å²) in [7, 11) is 0. The van der Waals surface area contributed by atoms with Crippen molar-refractivity contribution < 1.29 is 9.47 Å². The van der Waals surface area contributed by atoms with Gasteiger partial charge in [0.2, 0.25) is 0 Å². The SMILES string of the molecule is C=C(OCC)C(/C=C(\NN)N1CCOCC1)=NC(C)C. The number of nitrogens with one attached hydrogen (secondary N) is 1. The van der Waals surface area contributed by atoms with Crippen LogP contribution in [0.1, 0.15) is 20.8 Å². The summed E-state index contributed by atoms with van der Waals surface area (Å²) in [6.07, 6.45) is 1.88. The van der Waals surface area contributed by atoms with E-state index in [1.54, 1.807) is 0 Å². The third kappa shape index (κ3) is 5.22. The van der Waals surface area contributed by atoms with Crippen LogP contribution in [0.4, 0.5) is 0 Å². The van der Waals surface area contributed by atoms with Crippen molar-refractivity contribution in [2.75, 3.05) is 32.9 Å². The van der Waals surface area contributed by atoms with Crippen molar-refractivity contribution in [1.29, 1.82) is 0 Å². The van der Waals surface area contributed by atoms with Crippen LogP contribution in [0.25, 0.3) is 0 Å². The molecule has 0 unspecified atom stereocenters. The third-order valence-corrected chi connectivity index (χ3v) is 2.77. The van der Waals surface area contributed by atoms with Crippen LogP contribution < -0.4 is 11.3 Å². The summed E-state index contributed by atoms with van der Waals surface area (Å²) in [4.78, 5) is 6.66. The highest BCUT2D eigenvalue weighted by molar-refractivity contribution is 6.06. The molecule has 0 spiro atoms. The summed E-state index contributed by atoms with van der Waals surface area (Å²) >= 11 is 0. The molecular weight excluding hydrogens is 256 g/mol. The first-order valence-electron chi connectivity index (χ1n) is 6.99. The van der Waals surface area contributed by atoms with E-state index in [9.17, 15) is 0 Å². The van der Waals surface area contributed by atoms with Gasteiger partial charge in [0.05, 0.1) is 19.8 Å². The molecule has 1 heterocycles. The fraction of sp³-hybridized carbons (Fsp3) is 0.643. The molecular formula is C14H26N4O2. The van der Waals surface area contributed by atoms with Gasteiger partial charge in [-0.05, 0) is 20.8 Å². The molecule has 1 saturated heterocycles. The van der Waals surface area contributed by atoms with E-state index < -0.39 is 0 Å². The largest absolute Gasteiger partial charge is 0.492 e. The molecule has 114 valence electrons. The van der Waals surface area contributed by atoms with Gasteiger partial charge in [0.25, 0.3) is 0 Å². The van der Waals surface area contributed by atoms with Crippen LogP contribution in [0.3, 0.4) is 0 Å². The average molecular weight is 282 g/mol. The highest BCUT2D eigenvalue weighted by Gasteiger charge is 2.15. The van der Waals surface area contributed by atoms with Crippen molar-refractivity contribution in [3.8, 4) is 0 Å². The molecule has 20 heavy (non-hydrogen) atoms. The number of morpholine rings is 1. The molecule has 0 aromatic carbocycles. The minimum absolute atomic E-state index is 0.155. The predicted octanol–water partition coefficient (Wildman–Crippen LogP) is 1.02. The lowest BCUT2D eigenvalue weighted by atomic mass is 10.2. The Morgan fingerprint density at radius 2 is 2.15 bits per heavy atom. The van der Waals surface area contributed by atoms with Crippen LogP contribution in [0.15, 0.2) is 29.2 Å². The molecule has 1 aliphatic heterocycles. The molecule has 0 bridgehead atoms. The topological polar surface area (TPSA) is 72.1 Å². The number of hydrogen-bond acceptors (Lipinski definition) is 6. The number of hydrazine groups is 1. The molecule has 0 atom stereocenters. The number of rotatable bonds is 7. The maximum Gasteiger partial charge on any atom is 0.137 e. The standard InChI is InChI=1S/C14H26N4O2/c1-5-20-12(4)13(16-11(2)3)10-14(17-15)18-6-8-19-9-7-18/h10-11,17H,4-9,15H2,1-3H3/b14-10+,16-13?. The first-order valence-corrected chi connectivity index (χ1v) is 6.99. The second-order valence-corrected chi connectivity index (χ2v) is 4.74. The van der Waals surface area contributed by atoms with E-state index >= 15 is 0 Å². The van der Waals surface area contributed by atoms with Gasteiger partial charge in [-0.3, -0.25) is 4.99 Å². The van der Waals surface area contributed by atoms with E-state index in [0.29, 0.717) is 31.3 Å². The Morgan fingerprint density at radius 1 is 1.50 bits per heavy atom. The summed E-state index contributed by atoms with van der Waals surface area (Å²) < 4.78 is 10.8. The second kappa shape index (κ2) is 8.60. The van der Waals surface area contributed by atoms with Gasteiger partial charge in [-0.2, -0.15) is 0 Å². The maximum atomic E-state index is 5.63.